The van der Waals surface area contributed by atoms with Crippen LogP contribution in [0.1, 0.15) is 136 Å². The van der Waals surface area contributed by atoms with Crippen molar-refractivity contribution in [3.05, 3.63) is 60.8 Å². The van der Waals surface area contributed by atoms with Crippen molar-refractivity contribution < 1.29 is 76.6 Å². The molecule has 0 aromatic carbocycles. The lowest BCUT2D eigenvalue weighted by Gasteiger charge is -2.20. The van der Waals surface area contributed by atoms with Gasteiger partial charge in [-0.2, -0.15) is 0 Å². The zero-order chi connectivity index (χ0) is 46.1. The van der Waals surface area contributed by atoms with Gasteiger partial charge < -0.3 is 39.5 Å². The van der Waals surface area contributed by atoms with Gasteiger partial charge >= 0.3 is 27.6 Å². The molecular formula is C44H74O16P2. The van der Waals surface area contributed by atoms with E-state index >= 15 is 0 Å². The number of carbonyl (C=O) groups excluding carboxylic acids is 3. The van der Waals surface area contributed by atoms with E-state index in [0.717, 1.165) is 70.6 Å². The van der Waals surface area contributed by atoms with Gasteiger partial charge in [0.15, 0.2) is 6.10 Å². The van der Waals surface area contributed by atoms with Crippen molar-refractivity contribution in [3.8, 4) is 0 Å². The number of carbonyl (C=O) groups is 3. The van der Waals surface area contributed by atoms with E-state index in [4.69, 9.17) is 23.8 Å². The van der Waals surface area contributed by atoms with Gasteiger partial charge in [-0.15, -0.1) is 0 Å². The van der Waals surface area contributed by atoms with Crippen molar-refractivity contribution in [3.63, 3.8) is 0 Å². The molecule has 1 aliphatic rings. The van der Waals surface area contributed by atoms with Gasteiger partial charge in [0.25, 0.3) is 0 Å². The summed E-state index contributed by atoms with van der Waals surface area (Å²) in [5.41, 5.74) is 0. The Labute approximate surface area is 368 Å². The average molecular weight is 921 g/mol. The lowest BCUT2D eigenvalue weighted by Crippen LogP contribution is -2.30. The smallest absolute Gasteiger partial charge is 0.462 e. The molecule has 1 fully saturated rings. The number of Topliss-reactive ketones (excluding diaryl/α,β-unsaturated/α-hetero) is 1. The molecule has 62 heavy (non-hydrogen) atoms. The van der Waals surface area contributed by atoms with E-state index in [9.17, 15) is 43.7 Å². The number of esters is 2. The van der Waals surface area contributed by atoms with Gasteiger partial charge in [-0.25, -0.2) is 9.13 Å². The van der Waals surface area contributed by atoms with Crippen LogP contribution in [0.4, 0.5) is 0 Å². The van der Waals surface area contributed by atoms with Crippen molar-refractivity contribution in [2.24, 2.45) is 11.8 Å². The molecule has 7 atom stereocenters. The predicted molar refractivity (Wildman–Crippen MR) is 235 cm³/mol. The van der Waals surface area contributed by atoms with E-state index < -0.39 is 84.3 Å². The molecule has 0 aliphatic heterocycles. The summed E-state index contributed by atoms with van der Waals surface area (Å²) in [7, 11) is -9.78. The van der Waals surface area contributed by atoms with Gasteiger partial charge in [0, 0.05) is 31.1 Å². The van der Waals surface area contributed by atoms with Crippen LogP contribution in [0.3, 0.4) is 0 Å². The Hall–Kier alpha value is -2.59. The van der Waals surface area contributed by atoms with Crippen molar-refractivity contribution >= 4 is 33.4 Å². The molecule has 6 N–H and O–H groups in total. The van der Waals surface area contributed by atoms with Crippen molar-refractivity contribution in [1.29, 1.82) is 0 Å². The Bertz CT molecular complexity index is 1490. The van der Waals surface area contributed by atoms with Crippen molar-refractivity contribution in [2.75, 3.05) is 26.4 Å². The summed E-state index contributed by atoms with van der Waals surface area (Å²) in [6, 6.07) is 0. The van der Waals surface area contributed by atoms with E-state index in [1.165, 1.54) is 0 Å². The quantitative estimate of drug-likeness (QED) is 0.0150. The summed E-state index contributed by atoms with van der Waals surface area (Å²) in [6.07, 6.45) is 28.7. The molecule has 0 amide bonds. The third-order valence-electron chi connectivity index (χ3n) is 9.75. The molecule has 1 unspecified atom stereocenters. The number of hydrogen-bond donors (Lipinski definition) is 6. The zero-order valence-corrected chi connectivity index (χ0v) is 38.5. The molecule has 0 heterocycles. The molecule has 0 radical (unpaired) electrons. The molecule has 0 aromatic rings. The third-order valence-corrected chi connectivity index (χ3v) is 11.2. The van der Waals surface area contributed by atoms with Gasteiger partial charge in [-0.1, -0.05) is 113 Å². The van der Waals surface area contributed by atoms with E-state index in [-0.39, 0.29) is 31.0 Å². The van der Waals surface area contributed by atoms with Gasteiger partial charge in [0.05, 0.1) is 32.0 Å². The molecule has 16 nitrogen and oxygen atoms in total. The highest BCUT2D eigenvalue weighted by Crippen LogP contribution is 2.44. The second-order valence-electron chi connectivity index (χ2n) is 15.4. The number of ketones is 1. The molecule has 1 rings (SSSR count). The third kappa shape index (κ3) is 31.3. The number of aliphatic hydroxyl groups is 3. The monoisotopic (exact) mass is 920 g/mol. The summed E-state index contributed by atoms with van der Waals surface area (Å²) in [5, 5.41) is 30.4. The highest BCUT2D eigenvalue weighted by molar-refractivity contribution is 7.47. The largest absolute Gasteiger partial charge is 0.472 e. The Morgan fingerprint density at radius 2 is 1.34 bits per heavy atom. The number of unbranched alkanes of at least 4 members (excludes halogenated alkanes) is 8. The van der Waals surface area contributed by atoms with E-state index in [1.807, 2.05) is 12.2 Å². The molecule has 0 spiro atoms. The minimum absolute atomic E-state index is 0.00578. The number of hydrogen-bond acceptors (Lipinski definition) is 13. The minimum Gasteiger partial charge on any atom is -0.462 e. The maximum Gasteiger partial charge on any atom is 0.472 e. The molecule has 356 valence electrons. The van der Waals surface area contributed by atoms with Crippen LogP contribution in [0, 0.1) is 11.8 Å². The van der Waals surface area contributed by atoms with Crippen LogP contribution in [-0.4, -0.2) is 98.6 Å². The maximum absolute atomic E-state index is 12.7. The Balaban J connectivity index is 2.59. The zero-order valence-electron chi connectivity index (χ0n) is 36.7. The van der Waals surface area contributed by atoms with Crippen LogP contribution in [0.5, 0.6) is 0 Å². The van der Waals surface area contributed by atoms with Gasteiger partial charge in [-0.05, 0) is 64.2 Å². The van der Waals surface area contributed by atoms with Gasteiger partial charge in [0.1, 0.15) is 18.5 Å². The molecule has 0 aromatic heterocycles. The fraction of sp³-hybridized carbons (Fsp3) is 0.705. The molecule has 1 aliphatic carbocycles. The lowest BCUT2D eigenvalue weighted by atomic mass is 9.90. The second kappa shape index (κ2) is 34.8. The fourth-order valence-corrected chi connectivity index (χ4v) is 7.50. The first-order valence-corrected chi connectivity index (χ1v) is 25.1. The Morgan fingerprint density at radius 3 is 2.05 bits per heavy atom. The normalized spacial score (nSPS) is 19.9. The lowest BCUT2D eigenvalue weighted by molar-refractivity contribution is -0.161. The number of allylic oxidation sites excluding steroid dienone is 8. The SMILES string of the molecule is CC/C=C\C/C=C\C/C=C\CCCCCCCC(=O)O[C@H](COC(=O)CCC/C=C\C[C@H]1C(=O)C[C@@H](O)[C@@H]1/C=C/[C@@H](O)CCCCC)COP(=O)(O)OC[C@@H](O)COP(=O)(O)O. The van der Waals surface area contributed by atoms with Gasteiger partial charge in [0.2, 0.25) is 0 Å². The number of ether oxygens (including phenoxy) is 2. The van der Waals surface area contributed by atoms with E-state index in [1.54, 1.807) is 12.2 Å². The number of aliphatic hydroxyl groups excluding tert-OH is 3. The van der Waals surface area contributed by atoms with Crippen LogP contribution in [-0.2, 0) is 46.6 Å². The molecule has 1 saturated carbocycles. The van der Waals surface area contributed by atoms with Crippen molar-refractivity contribution in [2.45, 2.75) is 160 Å². The van der Waals surface area contributed by atoms with Crippen LogP contribution in [0.2, 0.25) is 0 Å². The average Bonchev–Trinajstić information content (AvgIpc) is 3.49. The summed E-state index contributed by atoms with van der Waals surface area (Å²) in [4.78, 5) is 65.4. The first kappa shape index (κ1) is 57.4. The van der Waals surface area contributed by atoms with Crippen LogP contribution in [0.15, 0.2) is 60.8 Å². The van der Waals surface area contributed by atoms with Crippen LogP contribution in [0.25, 0.3) is 0 Å². The molecule has 0 bridgehead atoms. The first-order chi connectivity index (χ1) is 29.6. The minimum atomic E-state index is -4.90. The standard InChI is InChI=1S/C44H74O16P2/c1-3-5-7-8-9-10-11-12-13-14-15-16-17-18-24-28-44(50)60-38(35-59-62(54,55)58-33-37(46)32-57-61(51,52)53)34-56-43(49)27-23-20-19-22-26-39-40(42(48)31-41(39)47)30-29-36(45)25-21-6-4-2/h5,7,9-10,12-13,19,22,29-30,36-40,42,45-46,48H,3-4,6,8,11,14-18,20-21,23-28,31-35H2,1-2H3,(H,54,55)(H2,51,52,53)/b7-5-,10-9-,13-12-,22-19-,30-29+/t36-,37-,38+,39+,40+,42+/m0/s1. The topological polar surface area (TPSA) is 253 Å². The summed E-state index contributed by atoms with van der Waals surface area (Å²) >= 11 is 0. The van der Waals surface area contributed by atoms with Crippen LogP contribution < -0.4 is 0 Å². The maximum atomic E-state index is 12.7. The summed E-state index contributed by atoms with van der Waals surface area (Å²) in [6.45, 7) is 1.21. The predicted octanol–water partition coefficient (Wildman–Crippen LogP) is 7.81. The van der Waals surface area contributed by atoms with E-state index in [0.29, 0.717) is 32.1 Å². The highest BCUT2D eigenvalue weighted by atomic mass is 31.2. The number of phosphoric acid groups is 2. The fourth-order valence-electron chi connectivity index (χ4n) is 6.34. The Morgan fingerprint density at radius 1 is 0.726 bits per heavy atom. The number of phosphoric ester groups is 2. The molecule has 18 heteroatoms. The Kier molecular flexibility index (Phi) is 32.2. The van der Waals surface area contributed by atoms with E-state index in [2.05, 4.69) is 59.4 Å². The molecular weight excluding hydrogens is 846 g/mol. The first-order valence-electron chi connectivity index (χ1n) is 22.1. The summed E-state index contributed by atoms with van der Waals surface area (Å²) in [5.74, 6) is -2.10. The summed E-state index contributed by atoms with van der Waals surface area (Å²) < 4.78 is 47.7. The van der Waals surface area contributed by atoms with Crippen LogP contribution >= 0.6 is 15.6 Å². The molecule has 0 saturated heterocycles. The highest BCUT2D eigenvalue weighted by Gasteiger charge is 2.39. The van der Waals surface area contributed by atoms with Gasteiger partial charge in [-0.3, -0.25) is 28.0 Å². The van der Waals surface area contributed by atoms with Crippen molar-refractivity contribution in [1.82, 2.24) is 0 Å². The number of rotatable bonds is 37. The second-order valence-corrected chi connectivity index (χ2v) is 18.1.